The second-order valence-corrected chi connectivity index (χ2v) is 10.1. The molecular weight excluding hydrogens is 382 g/mol. The molecule has 9 heteroatoms. The molecule has 1 N–H and O–H groups in total. The first-order valence-electron chi connectivity index (χ1n) is 8.12. The molecule has 0 radical (unpaired) electrons. The van der Waals surface area contributed by atoms with Crippen LogP contribution in [0.3, 0.4) is 0 Å². The van der Waals surface area contributed by atoms with Crippen molar-refractivity contribution in [3.63, 3.8) is 0 Å². The van der Waals surface area contributed by atoms with E-state index in [1.165, 1.54) is 11.8 Å². The molecule has 2 heterocycles. The van der Waals surface area contributed by atoms with Crippen LogP contribution in [0.2, 0.25) is 5.02 Å². The molecule has 136 valence electrons. The summed E-state index contributed by atoms with van der Waals surface area (Å²) in [7, 11) is -3.02. The Kier molecular flexibility index (Phi) is 5.31. The van der Waals surface area contributed by atoms with Gasteiger partial charge in [-0.2, -0.15) is 0 Å². The van der Waals surface area contributed by atoms with E-state index in [-0.39, 0.29) is 28.7 Å². The number of nitrogens with one attached hydrogen (secondary N) is 1. The van der Waals surface area contributed by atoms with Crippen molar-refractivity contribution >= 4 is 50.1 Å². The second-order valence-electron chi connectivity index (χ2n) is 6.14. The largest absolute Gasteiger partial charge is 0.338 e. The Bertz CT molecular complexity index is 897. The molecule has 0 bridgehead atoms. The number of carbonyl (C=O) groups excluding carboxylic acids is 1. The number of benzene rings is 1. The smallest absolute Gasteiger partial charge is 0.236 e. The molecule has 25 heavy (non-hydrogen) atoms. The van der Waals surface area contributed by atoms with Crippen LogP contribution in [0.4, 0.5) is 0 Å². The molecule has 6 nitrogen and oxygen atoms in total. The first-order valence-corrected chi connectivity index (χ1v) is 11.2. The molecule has 1 saturated heterocycles. The van der Waals surface area contributed by atoms with Crippen molar-refractivity contribution in [1.29, 1.82) is 0 Å². The third kappa shape index (κ3) is 4.12. The molecule has 1 aliphatic heterocycles. The number of halogens is 1. The lowest BCUT2D eigenvalue weighted by Crippen LogP contribution is -2.44. The van der Waals surface area contributed by atoms with Crippen molar-refractivity contribution in [3.8, 4) is 0 Å². The topological polar surface area (TPSA) is 83.1 Å². The number of hydrogen-bond acceptors (Lipinski definition) is 5. The van der Waals surface area contributed by atoms with Crippen LogP contribution in [-0.2, 0) is 14.6 Å². The lowest BCUT2D eigenvalue weighted by Gasteiger charge is -2.29. The van der Waals surface area contributed by atoms with Gasteiger partial charge in [0.25, 0.3) is 0 Å². The van der Waals surface area contributed by atoms with Crippen LogP contribution in [0.15, 0.2) is 23.4 Å². The van der Waals surface area contributed by atoms with Gasteiger partial charge in [-0.05, 0) is 38.5 Å². The molecular formula is C16H20ClN3O3S2. The maximum Gasteiger partial charge on any atom is 0.236 e. The zero-order valence-electron chi connectivity index (χ0n) is 14.0. The molecule has 0 unspecified atom stereocenters. The lowest BCUT2D eigenvalue weighted by atomic mass is 10.2. The molecule has 3 rings (SSSR count). The summed E-state index contributed by atoms with van der Waals surface area (Å²) in [5.41, 5.74) is 1.62. The lowest BCUT2D eigenvalue weighted by molar-refractivity contribution is -0.131. The number of H-pyrrole nitrogens is 1. The molecule has 1 aromatic heterocycles. The normalized spacial score (nSPS) is 20.7. The minimum atomic E-state index is -3.02. The number of amides is 1. The van der Waals surface area contributed by atoms with Crippen LogP contribution in [0, 0.1) is 0 Å². The van der Waals surface area contributed by atoms with Crippen LogP contribution >= 0.6 is 23.4 Å². The van der Waals surface area contributed by atoms with Crippen LogP contribution in [0.25, 0.3) is 11.0 Å². The maximum atomic E-state index is 12.8. The van der Waals surface area contributed by atoms with E-state index in [0.29, 0.717) is 23.1 Å². The number of nitrogens with zero attached hydrogens (tertiary/aromatic N) is 2. The fourth-order valence-corrected chi connectivity index (χ4v) is 5.87. The predicted octanol–water partition coefficient (Wildman–Crippen LogP) is 2.73. The Balaban J connectivity index is 1.72. The summed E-state index contributed by atoms with van der Waals surface area (Å²) in [6.07, 6.45) is 0.516. The van der Waals surface area contributed by atoms with E-state index in [4.69, 9.17) is 11.6 Å². The van der Waals surface area contributed by atoms with E-state index in [1.54, 1.807) is 17.0 Å². The highest BCUT2D eigenvalue weighted by Crippen LogP contribution is 2.27. The third-order valence-electron chi connectivity index (χ3n) is 4.33. The number of fused-ring (bicyclic) bond motifs is 1. The maximum absolute atomic E-state index is 12.8. The van der Waals surface area contributed by atoms with E-state index in [0.717, 1.165) is 11.0 Å². The van der Waals surface area contributed by atoms with Crippen molar-refractivity contribution < 1.29 is 13.2 Å². The molecule has 1 aliphatic rings. The first-order chi connectivity index (χ1) is 11.8. The number of carbonyl (C=O) groups is 1. The van der Waals surface area contributed by atoms with Gasteiger partial charge in [-0.15, -0.1) is 0 Å². The highest BCUT2D eigenvalue weighted by Gasteiger charge is 2.35. The molecule has 2 aromatic rings. The van der Waals surface area contributed by atoms with E-state index < -0.39 is 9.84 Å². The van der Waals surface area contributed by atoms with Gasteiger partial charge in [-0.1, -0.05) is 23.4 Å². The standard InChI is InChI=1S/C16H20ClN3O3S2/c1-3-20(12-6-7-25(22,23)9-12)15(21)10(2)24-16-18-13-5-4-11(17)8-14(13)19-16/h4-5,8,10,12H,3,6-7,9H2,1-2H3,(H,18,19)/t10-,12+/m1/s1. The van der Waals surface area contributed by atoms with E-state index in [1.807, 2.05) is 19.9 Å². The Labute approximate surface area is 156 Å². The van der Waals surface area contributed by atoms with Gasteiger partial charge in [0, 0.05) is 17.6 Å². The summed E-state index contributed by atoms with van der Waals surface area (Å²) >= 11 is 7.31. The number of imidazole rings is 1. The Morgan fingerprint density at radius 1 is 1.52 bits per heavy atom. The number of thioether (sulfide) groups is 1. The summed E-state index contributed by atoms with van der Waals surface area (Å²) in [4.78, 5) is 22.1. The van der Waals surface area contributed by atoms with Crippen LogP contribution in [0.1, 0.15) is 20.3 Å². The highest BCUT2D eigenvalue weighted by molar-refractivity contribution is 8.00. The van der Waals surface area contributed by atoms with Crippen molar-refractivity contribution in [3.05, 3.63) is 23.2 Å². The SMILES string of the molecule is CCN(C(=O)[C@@H](C)Sc1nc2ccc(Cl)cc2[nH]1)[C@H]1CCS(=O)(=O)C1. The van der Waals surface area contributed by atoms with Crippen LogP contribution < -0.4 is 0 Å². The predicted molar refractivity (Wildman–Crippen MR) is 101 cm³/mol. The summed E-state index contributed by atoms with van der Waals surface area (Å²) < 4.78 is 23.4. The zero-order valence-corrected chi connectivity index (χ0v) is 16.4. The Hall–Kier alpha value is -1.25. The van der Waals surface area contributed by atoms with E-state index in [9.17, 15) is 13.2 Å². The average molecular weight is 402 g/mol. The van der Waals surface area contributed by atoms with Gasteiger partial charge in [0.2, 0.25) is 5.91 Å². The molecule has 1 fully saturated rings. The molecule has 0 spiro atoms. The van der Waals surface area contributed by atoms with Gasteiger partial charge in [0.15, 0.2) is 15.0 Å². The second kappa shape index (κ2) is 7.17. The van der Waals surface area contributed by atoms with Gasteiger partial charge in [-0.25, -0.2) is 13.4 Å². The van der Waals surface area contributed by atoms with Gasteiger partial charge < -0.3 is 9.88 Å². The van der Waals surface area contributed by atoms with Gasteiger partial charge in [0.1, 0.15) is 0 Å². The monoisotopic (exact) mass is 401 g/mol. The average Bonchev–Trinajstić information content (AvgIpc) is 3.09. The number of aromatic amines is 1. The minimum absolute atomic E-state index is 0.0620. The molecule has 1 aromatic carbocycles. The highest BCUT2D eigenvalue weighted by atomic mass is 35.5. The summed E-state index contributed by atoms with van der Waals surface area (Å²) in [6, 6.07) is 5.17. The van der Waals surface area contributed by atoms with Crippen molar-refractivity contribution in [1.82, 2.24) is 14.9 Å². The number of rotatable bonds is 5. The van der Waals surface area contributed by atoms with Crippen LogP contribution in [-0.4, -0.2) is 58.5 Å². The van der Waals surface area contributed by atoms with Gasteiger partial charge in [-0.3, -0.25) is 4.79 Å². The minimum Gasteiger partial charge on any atom is -0.338 e. The van der Waals surface area contributed by atoms with Crippen LogP contribution in [0.5, 0.6) is 0 Å². The fraction of sp³-hybridized carbons (Fsp3) is 0.500. The van der Waals surface area contributed by atoms with E-state index in [2.05, 4.69) is 9.97 Å². The number of aromatic nitrogens is 2. The van der Waals surface area contributed by atoms with Gasteiger partial charge >= 0.3 is 0 Å². The Morgan fingerprint density at radius 3 is 2.92 bits per heavy atom. The summed E-state index contributed by atoms with van der Waals surface area (Å²) in [5, 5.41) is 0.906. The number of hydrogen-bond donors (Lipinski definition) is 1. The molecule has 1 amide bonds. The first kappa shape index (κ1) is 18.5. The van der Waals surface area contributed by atoms with E-state index >= 15 is 0 Å². The molecule has 0 saturated carbocycles. The van der Waals surface area contributed by atoms with Gasteiger partial charge in [0.05, 0.1) is 27.8 Å². The zero-order chi connectivity index (χ0) is 18.2. The van der Waals surface area contributed by atoms with Crippen molar-refractivity contribution in [2.45, 2.75) is 36.7 Å². The summed E-state index contributed by atoms with van der Waals surface area (Å²) in [5.74, 6) is 0.161. The van der Waals surface area contributed by atoms with Crippen molar-refractivity contribution in [2.24, 2.45) is 0 Å². The third-order valence-corrected chi connectivity index (χ3v) is 7.29. The quantitative estimate of drug-likeness (QED) is 0.779. The number of sulfone groups is 1. The molecule has 2 atom stereocenters. The summed E-state index contributed by atoms with van der Waals surface area (Å²) in [6.45, 7) is 4.20. The fourth-order valence-electron chi connectivity index (χ4n) is 3.08. The molecule has 0 aliphatic carbocycles. The van der Waals surface area contributed by atoms with Crippen molar-refractivity contribution in [2.75, 3.05) is 18.1 Å². The Morgan fingerprint density at radius 2 is 2.28 bits per heavy atom.